The van der Waals surface area contributed by atoms with E-state index < -0.39 is 0 Å². The molecule has 3 fully saturated rings. The predicted octanol–water partition coefficient (Wildman–Crippen LogP) is 4.04. The minimum absolute atomic E-state index is 0.249. The normalized spacial score (nSPS) is 32.1. The van der Waals surface area contributed by atoms with Gasteiger partial charge in [0.15, 0.2) is 0 Å². The van der Waals surface area contributed by atoms with Crippen molar-refractivity contribution in [2.24, 2.45) is 5.41 Å². The van der Waals surface area contributed by atoms with E-state index in [1.807, 2.05) is 0 Å². The summed E-state index contributed by atoms with van der Waals surface area (Å²) in [6.45, 7) is 7.98. The number of hydrogen-bond acceptors (Lipinski definition) is 2. The first-order valence-electron chi connectivity index (χ1n) is 8.33. The van der Waals surface area contributed by atoms with Crippen LogP contribution in [0.4, 0.5) is 0 Å². The number of hydrogen-bond donors (Lipinski definition) is 1. The Morgan fingerprint density at radius 2 is 1.74 bits per heavy atom. The summed E-state index contributed by atoms with van der Waals surface area (Å²) in [4.78, 5) is 0. The van der Waals surface area contributed by atoms with Crippen LogP contribution < -0.4 is 5.32 Å². The van der Waals surface area contributed by atoms with Crippen molar-refractivity contribution in [3.05, 3.63) is 0 Å². The van der Waals surface area contributed by atoms with E-state index in [2.05, 4.69) is 26.1 Å². The molecular weight excluding hydrogens is 234 g/mol. The van der Waals surface area contributed by atoms with Gasteiger partial charge in [0, 0.05) is 12.1 Å². The van der Waals surface area contributed by atoms with Crippen molar-refractivity contribution in [1.29, 1.82) is 0 Å². The van der Waals surface area contributed by atoms with Crippen LogP contribution in [0.5, 0.6) is 0 Å². The molecule has 2 nitrogen and oxygen atoms in total. The Morgan fingerprint density at radius 3 is 2.32 bits per heavy atom. The van der Waals surface area contributed by atoms with Crippen molar-refractivity contribution in [2.75, 3.05) is 6.54 Å². The highest BCUT2D eigenvalue weighted by molar-refractivity contribution is 5.01. The third kappa shape index (κ3) is 3.33. The molecule has 3 rings (SSSR count). The number of nitrogens with one attached hydrogen (secondary N) is 1. The van der Waals surface area contributed by atoms with Gasteiger partial charge >= 0.3 is 0 Å². The van der Waals surface area contributed by atoms with Gasteiger partial charge in [-0.1, -0.05) is 12.8 Å². The van der Waals surface area contributed by atoms with E-state index in [4.69, 9.17) is 4.74 Å². The lowest BCUT2D eigenvalue weighted by Crippen LogP contribution is -2.40. The molecule has 1 N–H and O–H groups in total. The van der Waals surface area contributed by atoms with E-state index >= 15 is 0 Å². The fourth-order valence-corrected chi connectivity index (χ4v) is 3.99. The SMILES string of the molecule is CC(C)(C)NCC1(CC2CCC3(CCCC3)O2)CC1. The van der Waals surface area contributed by atoms with E-state index in [1.54, 1.807) is 0 Å². The molecule has 2 heteroatoms. The molecule has 3 aliphatic rings. The lowest BCUT2D eigenvalue weighted by Gasteiger charge is -2.28. The van der Waals surface area contributed by atoms with Crippen LogP contribution in [0.25, 0.3) is 0 Å². The molecular formula is C17H31NO. The Bertz CT molecular complexity index is 321. The zero-order valence-corrected chi connectivity index (χ0v) is 13.1. The van der Waals surface area contributed by atoms with Crippen molar-refractivity contribution in [3.63, 3.8) is 0 Å². The van der Waals surface area contributed by atoms with Gasteiger partial charge in [0.25, 0.3) is 0 Å². The molecule has 0 radical (unpaired) electrons. The zero-order chi connectivity index (χ0) is 13.6. The summed E-state index contributed by atoms with van der Waals surface area (Å²) in [5, 5.41) is 3.70. The van der Waals surface area contributed by atoms with E-state index in [0.717, 1.165) is 0 Å². The van der Waals surface area contributed by atoms with Gasteiger partial charge in [-0.3, -0.25) is 0 Å². The highest BCUT2D eigenvalue weighted by atomic mass is 16.5. The van der Waals surface area contributed by atoms with Crippen LogP contribution >= 0.6 is 0 Å². The quantitative estimate of drug-likeness (QED) is 0.828. The zero-order valence-electron chi connectivity index (χ0n) is 13.1. The van der Waals surface area contributed by atoms with Crippen molar-refractivity contribution in [3.8, 4) is 0 Å². The van der Waals surface area contributed by atoms with Gasteiger partial charge in [-0.15, -0.1) is 0 Å². The molecule has 1 unspecified atom stereocenters. The van der Waals surface area contributed by atoms with Crippen LogP contribution in [-0.2, 0) is 4.74 Å². The average molecular weight is 265 g/mol. The molecule has 1 aliphatic heterocycles. The molecule has 1 atom stereocenters. The summed E-state index contributed by atoms with van der Waals surface area (Å²) in [6, 6.07) is 0. The molecule has 1 saturated heterocycles. The molecule has 0 aromatic heterocycles. The lowest BCUT2D eigenvalue weighted by molar-refractivity contribution is -0.0459. The van der Waals surface area contributed by atoms with Crippen molar-refractivity contribution in [2.45, 2.75) is 95.8 Å². The second-order valence-corrected chi connectivity index (χ2v) is 8.48. The van der Waals surface area contributed by atoms with Crippen LogP contribution in [0.2, 0.25) is 0 Å². The van der Waals surface area contributed by atoms with Gasteiger partial charge in [0.1, 0.15) is 0 Å². The van der Waals surface area contributed by atoms with Crippen molar-refractivity contribution < 1.29 is 4.74 Å². The van der Waals surface area contributed by atoms with E-state index in [0.29, 0.717) is 17.1 Å². The predicted molar refractivity (Wildman–Crippen MR) is 79.3 cm³/mol. The van der Waals surface area contributed by atoms with Crippen LogP contribution in [0.15, 0.2) is 0 Å². The van der Waals surface area contributed by atoms with E-state index in [9.17, 15) is 0 Å². The van der Waals surface area contributed by atoms with E-state index in [-0.39, 0.29) is 5.54 Å². The van der Waals surface area contributed by atoms with Crippen LogP contribution in [0.1, 0.15) is 78.6 Å². The summed E-state index contributed by atoms with van der Waals surface area (Å²) < 4.78 is 6.49. The third-order valence-corrected chi connectivity index (χ3v) is 5.46. The molecule has 19 heavy (non-hydrogen) atoms. The fourth-order valence-electron chi connectivity index (χ4n) is 3.99. The Hall–Kier alpha value is -0.0800. The largest absolute Gasteiger partial charge is 0.372 e. The topological polar surface area (TPSA) is 21.3 Å². The van der Waals surface area contributed by atoms with Crippen LogP contribution in [0, 0.1) is 5.41 Å². The summed E-state index contributed by atoms with van der Waals surface area (Å²) in [6.07, 6.45) is 12.8. The first-order valence-corrected chi connectivity index (χ1v) is 8.33. The Morgan fingerprint density at radius 1 is 1.05 bits per heavy atom. The average Bonchev–Trinajstić information content (AvgIpc) is 2.77. The third-order valence-electron chi connectivity index (χ3n) is 5.46. The van der Waals surface area contributed by atoms with Crippen molar-refractivity contribution >= 4 is 0 Å². The van der Waals surface area contributed by atoms with Crippen LogP contribution in [0.3, 0.4) is 0 Å². The van der Waals surface area contributed by atoms with Gasteiger partial charge in [-0.2, -0.15) is 0 Å². The molecule has 0 aromatic carbocycles. The highest BCUT2D eigenvalue weighted by Crippen LogP contribution is 2.53. The van der Waals surface area contributed by atoms with Crippen LogP contribution in [-0.4, -0.2) is 23.8 Å². The minimum atomic E-state index is 0.249. The molecule has 1 spiro atoms. The number of rotatable bonds is 4. The van der Waals surface area contributed by atoms with Gasteiger partial charge in [0.2, 0.25) is 0 Å². The molecule has 0 amide bonds. The molecule has 2 saturated carbocycles. The number of ether oxygens (including phenoxy) is 1. The molecule has 0 bridgehead atoms. The minimum Gasteiger partial charge on any atom is -0.372 e. The highest BCUT2D eigenvalue weighted by Gasteiger charge is 2.49. The fraction of sp³-hybridized carbons (Fsp3) is 1.00. The van der Waals surface area contributed by atoms with Gasteiger partial charge < -0.3 is 10.1 Å². The maximum Gasteiger partial charge on any atom is 0.0687 e. The second kappa shape index (κ2) is 4.73. The summed E-state index contributed by atoms with van der Waals surface area (Å²) in [5.74, 6) is 0. The Kier molecular flexibility index (Phi) is 3.46. The summed E-state index contributed by atoms with van der Waals surface area (Å²) in [5.41, 5.74) is 1.14. The van der Waals surface area contributed by atoms with Gasteiger partial charge in [-0.25, -0.2) is 0 Å². The smallest absolute Gasteiger partial charge is 0.0687 e. The summed E-state index contributed by atoms with van der Waals surface area (Å²) in [7, 11) is 0. The molecule has 0 aromatic rings. The summed E-state index contributed by atoms with van der Waals surface area (Å²) >= 11 is 0. The first kappa shape index (κ1) is 13.9. The van der Waals surface area contributed by atoms with Gasteiger partial charge in [0.05, 0.1) is 11.7 Å². The molecule has 1 heterocycles. The molecule has 2 aliphatic carbocycles. The first-order chi connectivity index (χ1) is 8.91. The maximum absolute atomic E-state index is 6.49. The monoisotopic (exact) mass is 265 g/mol. The molecule has 110 valence electrons. The second-order valence-electron chi connectivity index (χ2n) is 8.48. The van der Waals surface area contributed by atoms with E-state index in [1.165, 1.54) is 64.3 Å². The van der Waals surface area contributed by atoms with Crippen molar-refractivity contribution in [1.82, 2.24) is 5.32 Å². The Labute approximate surface area is 118 Å². The lowest BCUT2D eigenvalue weighted by atomic mass is 9.94. The maximum atomic E-state index is 6.49. The standard InChI is InChI=1S/C17H31NO/c1-15(2,3)18-13-16(10-11-16)12-14-6-9-17(19-14)7-4-5-8-17/h14,18H,4-13H2,1-3H3. The Balaban J connectivity index is 1.49. The van der Waals surface area contributed by atoms with Gasteiger partial charge in [-0.05, 0) is 71.1 Å².